The summed E-state index contributed by atoms with van der Waals surface area (Å²) in [7, 11) is 0. The zero-order valence-corrected chi connectivity index (χ0v) is 11.5. The highest BCUT2D eigenvalue weighted by Gasteiger charge is 2.04. The number of hydrogen-bond donors (Lipinski definition) is 2. The predicted molar refractivity (Wildman–Crippen MR) is 76.7 cm³/mol. The molecule has 2 aromatic rings. The van der Waals surface area contributed by atoms with E-state index in [1.54, 1.807) is 0 Å². The summed E-state index contributed by atoms with van der Waals surface area (Å²) >= 11 is 11.5. The molecule has 3 nitrogen and oxygen atoms in total. The van der Waals surface area contributed by atoms with Crippen LogP contribution in [0.25, 0.3) is 10.9 Å². The van der Waals surface area contributed by atoms with Crippen LogP contribution in [0.3, 0.4) is 0 Å². The van der Waals surface area contributed by atoms with Gasteiger partial charge in [-0.1, -0.05) is 17.7 Å². The van der Waals surface area contributed by atoms with Gasteiger partial charge in [0.25, 0.3) is 0 Å². The lowest BCUT2D eigenvalue weighted by Gasteiger charge is -2.11. The van der Waals surface area contributed by atoms with Crippen molar-refractivity contribution in [3.8, 4) is 0 Å². The van der Waals surface area contributed by atoms with Crippen molar-refractivity contribution >= 4 is 39.8 Å². The SMILES string of the molecule is Cc1cc(Cl)nc2cc(NCC(O)CCl)ccc12. The van der Waals surface area contributed by atoms with Gasteiger partial charge in [-0.3, -0.25) is 0 Å². The number of alkyl halides is 1. The highest BCUT2D eigenvalue weighted by atomic mass is 35.5. The van der Waals surface area contributed by atoms with Gasteiger partial charge in [0, 0.05) is 17.6 Å². The van der Waals surface area contributed by atoms with Crippen molar-refractivity contribution in [1.82, 2.24) is 4.98 Å². The maximum absolute atomic E-state index is 9.39. The van der Waals surface area contributed by atoms with Crippen LogP contribution in [0.1, 0.15) is 5.56 Å². The lowest BCUT2D eigenvalue weighted by molar-refractivity contribution is 0.211. The molecular weight excluding hydrogens is 271 g/mol. The zero-order valence-electron chi connectivity index (χ0n) is 9.95. The van der Waals surface area contributed by atoms with Gasteiger partial charge in [0.15, 0.2) is 0 Å². The number of nitrogens with one attached hydrogen (secondary N) is 1. The minimum atomic E-state index is -0.559. The van der Waals surface area contributed by atoms with Gasteiger partial charge in [-0.2, -0.15) is 0 Å². The Balaban J connectivity index is 2.27. The van der Waals surface area contributed by atoms with E-state index in [4.69, 9.17) is 23.2 Å². The van der Waals surface area contributed by atoms with E-state index in [2.05, 4.69) is 10.3 Å². The average molecular weight is 285 g/mol. The molecule has 0 radical (unpaired) electrons. The Bertz CT molecular complexity index is 560. The maximum atomic E-state index is 9.39. The Labute approximate surface area is 116 Å². The third kappa shape index (κ3) is 3.05. The molecule has 1 aromatic carbocycles. The summed E-state index contributed by atoms with van der Waals surface area (Å²) in [6.07, 6.45) is -0.559. The molecule has 2 rings (SSSR count). The highest BCUT2D eigenvalue weighted by Crippen LogP contribution is 2.23. The maximum Gasteiger partial charge on any atom is 0.130 e. The molecule has 1 atom stereocenters. The first-order valence-electron chi connectivity index (χ1n) is 5.65. The van der Waals surface area contributed by atoms with Crippen molar-refractivity contribution in [3.63, 3.8) is 0 Å². The molecule has 1 heterocycles. The lowest BCUT2D eigenvalue weighted by atomic mass is 10.1. The second kappa shape index (κ2) is 5.74. The van der Waals surface area contributed by atoms with Gasteiger partial charge >= 0.3 is 0 Å². The number of aryl methyl sites for hydroxylation is 1. The summed E-state index contributed by atoms with van der Waals surface area (Å²) in [5.41, 5.74) is 2.82. The molecule has 0 bridgehead atoms. The van der Waals surface area contributed by atoms with Crippen LogP contribution in [-0.2, 0) is 0 Å². The Morgan fingerprint density at radius 3 is 2.89 bits per heavy atom. The Kier molecular flexibility index (Phi) is 4.27. The zero-order chi connectivity index (χ0) is 13.1. The van der Waals surface area contributed by atoms with E-state index in [1.807, 2.05) is 31.2 Å². The number of fused-ring (bicyclic) bond motifs is 1. The first-order chi connectivity index (χ1) is 8.60. The summed E-state index contributed by atoms with van der Waals surface area (Å²) in [4.78, 5) is 4.28. The summed E-state index contributed by atoms with van der Waals surface area (Å²) in [6.45, 7) is 2.41. The average Bonchev–Trinajstić information content (AvgIpc) is 2.35. The third-order valence-corrected chi connectivity index (χ3v) is 3.26. The summed E-state index contributed by atoms with van der Waals surface area (Å²) < 4.78 is 0. The molecule has 0 saturated heterocycles. The van der Waals surface area contributed by atoms with E-state index in [0.717, 1.165) is 22.2 Å². The number of benzene rings is 1. The number of pyridine rings is 1. The van der Waals surface area contributed by atoms with Crippen molar-refractivity contribution in [2.24, 2.45) is 0 Å². The van der Waals surface area contributed by atoms with Crippen molar-refractivity contribution in [2.45, 2.75) is 13.0 Å². The molecule has 0 amide bonds. The highest BCUT2D eigenvalue weighted by molar-refractivity contribution is 6.29. The van der Waals surface area contributed by atoms with Gasteiger partial charge in [-0.25, -0.2) is 4.98 Å². The van der Waals surface area contributed by atoms with Crippen molar-refractivity contribution in [3.05, 3.63) is 35.0 Å². The quantitative estimate of drug-likeness (QED) is 0.669. The van der Waals surface area contributed by atoms with Crippen LogP contribution in [-0.4, -0.2) is 28.6 Å². The smallest absolute Gasteiger partial charge is 0.130 e. The number of aromatic nitrogens is 1. The minimum Gasteiger partial charge on any atom is -0.390 e. The molecule has 0 spiro atoms. The van der Waals surface area contributed by atoms with Gasteiger partial charge < -0.3 is 10.4 Å². The number of rotatable bonds is 4. The molecule has 1 unspecified atom stereocenters. The van der Waals surface area contributed by atoms with Crippen LogP contribution in [0.4, 0.5) is 5.69 Å². The third-order valence-electron chi connectivity index (χ3n) is 2.71. The molecule has 1 aromatic heterocycles. The summed E-state index contributed by atoms with van der Waals surface area (Å²) in [5, 5.41) is 14.1. The van der Waals surface area contributed by atoms with Gasteiger partial charge in [0.2, 0.25) is 0 Å². The van der Waals surface area contributed by atoms with Crippen LogP contribution in [0.15, 0.2) is 24.3 Å². The molecule has 0 aliphatic carbocycles. The number of anilines is 1. The summed E-state index contributed by atoms with van der Waals surface area (Å²) in [6, 6.07) is 7.69. The van der Waals surface area contributed by atoms with Gasteiger partial charge in [-0.15, -0.1) is 11.6 Å². The van der Waals surface area contributed by atoms with E-state index in [0.29, 0.717) is 11.7 Å². The first-order valence-corrected chi connectivity index (χ1v) is 6.56. The molecule has 96 valence electrons. The number of hydrogen-bond acceptors (Lipinski definition) is 3. The van der Waals surface area contributed by atoms with Crippen LogP contribution in [0.2, 0.25) is 5.15 Å². The van der Waals surface area contributed by atoms with Crippen LogP contribution < -0.4 is 5.32 Å². The second-order valence-electron chi connectivity index (χ2n) is 4.18. The van der Waals surface area contributed by atoms with Crippen LogP contribution >= 0.6 is 23.2 Å². The molecule has 0 saturated carbocycles. The van der Waals surface area contributed by atoms with E-state index >= 15 is 0 Å². The fourth-order valence-electron chi connectivity index (χ4n) is 1.76. The molecular formula is C13H14Cl2N2O. The molecule has 5 heteroatoms. The number of aliphatic hydroxyl groups excluding tert-OH is 1. The number of nitrogens with zero attached hydrogens (tertiary/aromatic N) is 1. The minimum absolute atomic E-state index is 0.212. The standard InChI is InChI=1S/C13H14Cl2N2O/c1-8-4-13(15)17-12-5-9(2-3-11(8)12)16-7-10(18)6-14/h2-5,10,16,18H,6-7H2,1H3. The van der Waals surface area contributed by atoms with E-state index < -0.39 is 6.10 Å². The number of halogens is 2. The summed E-state index contributed by atoms with van der Waals surface area (Å²) in [5.74, 6) is 0.212. The van der Waals surface area contributed by atoms with Crippen molar-refractivity contribution < 1.29 is 5.11 Å². The normalized spacial score (nSPS) is 12.7. The first kappa shape index (κ1) is 13.4. The van der Waals surface area contributed by atoms with Gasteiger partial charge in [0.1, 0.15) is 5.15 Å². The van der Waals surface area contributed by atoms with Crippen molar-refractivity contribution in [2.75, 3.05) is 17.7 Å². The van der Waals surface area contributed by atoms with E-state index in [9.17, 15) is 5.11 Å². The molecule has 0 aliphatic rings. The van der Waals surface area contributed by atoms with Gasteiger partial charge in [-0.05, 0) is 30.7 Å². The Morgan fingerprint density at radius 2 is 2.17 bits per heavy atom. The van der Waals surface area contributed by atoms with Crippen LogP contribution in [0.5, 0.6) is 0 Å². The molecule has 2 N–H and O–H groups in total. The number of aliphatic hydroxyl groups is 1. The Hall–Kier alpha value is -1.03. The second-order valence-corrected chi connectivity index (χ2v) is 4.88. The molecule has 0 fully saturated rings. The van der Waals surface area contributed by atoms with Crippen LogP contribution in [0, 0.1) is 6.92 Å². The monoisotopic (exact) mass is 284 g/mol. The van der Waals surface area contributed by atoms with Crippen molar-refractivity contribution in [1.29, 1.82) is 0 Å². The van der Waals surface area contributed by atoms with E-state index in [1.165, 1.54) is 0 Å². The largest absolute Gasteiger partial charge is 0.390 e. The van der Waals surface area contributed by atoms with Gasteiger partial charge in [0.05, 0.1) is 17.5 Å². The fraction of sp³-hybridized carbons (Fsp3) is 0.308. The Morgan fingerprint density at radius 1 is 1.39 bits per heavy atom. The predicted octanol–water partition coefficient (Wildman–Crippen LogP) is 3.21. The lowest BCUT2D eigenvalue weighted by Crippen LogP contribution is -2.20. The fourth-order valence-corrected chi connectivity index (χ4v) is 2.13. The molecule has 18 heavy (non-hydrogen) atoms. The molecule has 0 aliphatic heterocycles. The van der Waals surface area contributed by atoms with E-state index in [-0.39, 0.29) is 5.88 Å². The topological polar surface area (TPSA) is 45.2 Å².